The van der Waals surface area contributed by atoms with Crippen molar-refractivity contribution in [1.29, 1.82) is 0 Å². The summed E-state index contributed by atoms with van der Waals surface area (Å²) in [6.45, 7) is 2.06. The quantitative estimate of drug-likeness (QED) is 0.752. The summed E-state index contributed by atoms with van der Waals surface area (Å²) in [5.41, 5.74) is 7.89. The van der Waals surface area contributed by atoms with Gasteiger partial charge in [0, 0.05) is 11.4 Å². The molecular weight excluding hydrogens is 268 g/mol. The van der Waals surface area contributed by atoms with E-state index in [1.54, 1.807) is 30.3 Å². The molecule has 4 N–H and O–H groups in total. The number of nitrogens with one attached hydrogen (secondary N) is 2. The lowest BCUT2D eigenvalue weighted by Crippen LogP contribution is -2.14. The van der Waals surface area contributed by atoms with Crippen LogP contribution in [0, 0.1) is 0 Å². The highest BCUT2D eigenvalue weighted by Crippen LogP contribution is 2.12. The first-order valence-corrected chi connectivity index (χ1v) is 6.81. The number of rotatable bonds is 6. The molecule has 110 valence electrons. The molecule has 0 atom stereocenters. The smallest absolute Gasteiger partial charge is 0.276 e. The van der Waals surface area contributed by atoms with Gasteiger partial charge in [-0.1, -0.05) is 25.5 Å². The summed E-state index contributed by atoms with van der Waals surface area (Å²) in [6.07, 6.45) is 2.04. The molecule has 0 aliphatic heterocycles. The van der Waals surface area contributed by atoms with Gasteiger partial charge in [-0.15, -0.1) is 0 Å². The number of nitrogens with zero attached hydrogens (tertiary/aromatic N) is 1. The van der Waals surface area contributed by atoms with Crippen LogP contribution in [0.5, 0.6) is 0 Å². The molecule has 21 heavy (non-hydrogen) atoms. The van der Waals surface area contributed by atoms with E-state index < -0.39 is 0 Å². The predicted octanol–water partition coefficient (Wildman–Crippen LogP) is 1.64. The maximum absolute atomic E-state index is 12.0. The van der Waals surface area contributed by atoms with E-state index in [1.165, 1.54) is 0 Å². The van der Waals surface area contributed by atoms with Crippen LogP contribution < -0.4 is 11.1 Å². The van der Waals surface area contributed by atoms with Gasteiger partial charge in [0.1, 0.15) is 0 Å². The summed E-state index contributed by atoms with van der Waals surface area (Å²) < 4.78 is 0. The summed E-state index contributed by atoms with van der Waals surface area (Å²) in [5.74, 6) is -0.650. The van der Waals surface area contributed by atoms with Crippen molar-refractivity contribution in [2.75, 3.05) is 5.32 Å². The van der Waals surface area contributed by atoms with Crippen molar-refractivity contribution in [2.24, 2.45) is 5.73 Å². The summed E-state index contributed by atoms with van der Waals surface area (Å²) in [4.78, 5) is 22.8. The molecule has 0 radical (unpaired) electrons. The number of H-pyrrole nitrogens is 1. The number of benzene rings is 1. The van der Waals surface area contributed by atoms with E-state index in [2.05, 4.69) is 22.4 Å². The Kier molecular flexibility index (Phi) is 4.71. The number of hydrogen-bond acceptors (Lipinski definition) is 3. The van der Waals surface area contributed by atoms with Gasteiger partial charge in [-0.05, 0) is 30.2 Å². The number of aryl methyl sites for hydroxylation is 1. The lowest BCUT2D eigenvalue weighted by molar-refractivity contribution is -0.117. The lowest BCUT2D eigenvalue weighted by atomic mass is 10.1. The third-order valence-corrected chi connectivity index (χ3v) is 2.97. The minimum Gasteiger partial charge on any atom is -0.369 e. The molecule has 0 fully saturated rings. The average Bonchev–Trinajstić information content (AvgIpc) is 2.89. The number of primary amides is 1. The first-order chi connectivity index (χ1) is 10.1. The van der Waals surface area contributed by atoms with Crippen LogP contribution in [0.4, 0.5) is 5.69 Å². The Morgan fingerprint density at radius 2 is 2.00 bits per heavy atom. The second-order valence-electron chi connectivity index (χ2n) is 4.82. The zero-order valence-electron chi connectivity index (χ0n) is 11.8. The lowest BCUT2D eigenvalue weighted by Gasteiger charge is -2.04. The van der Waals surface area contributed by atoms with Crippen molar-refractivity contribution in [2.45, 2.75) is 26.2 Å². The molecule has 1 aromatic heterocycles. The van der Waals surface area contributed by atoms with Gasteiger partial charge in [0.15, 0.2) is 5.69 Å². The third kappa shape index (κ3) is 4.17. The van der Waals surface area contributed by atoms with E-state index in [4.69, 9.17) is 5.73 Å². The fourth-order valence-electron chi connectivity index (χ4n) is 1.98. The van der Waals surface area contributed by atoms with Crippen molar-refractivity contribution in [3.8, 4) is 0 Å². The summed E-state index contributed by atoms with van der Waals surface area (Å²) >= 11 is 0. The molecule has 2 aromatic rings. The zero-order chi connectivity index (χ0) is 15.2. The van der Waals surface area contributed by atoms with Crippen molar-refractivity contribution in [3.05, 3.63) is 47.3 Å². The van der Waals surface area contributed by atoms with Gasteiger partial charge < -0.3 is 11.1 Å². The highest BCUT2D eigenvalue weighted by Gasteiger charge is 2.10. The minimum atomic E-state index is -0.383. The monoisotopic (exact) mass is 286 g/mol. The number of hydrogen-bond donors (Lipinski definition) is 3. The molecule has 2 amide bonds. The Balaban J connectivity index is 1.99. The van der Waals surface area contributed by atoms with Crippen LogP contribution in [0.15, 0.2) is 30.3 Å². The van der Waals surface area contributed by atoms with Crippen LogP contribution in [0.2, 0.25) is 0 Å². The molecule has 0 saturated carbocycles. The number of nitrogens with two attached hydrogens (primary N) is 1. The van der Waals surface area contributed by atoms with E-state index in [9.17, 15) is 9.59 Å². The Hall–Kier alpha value is -2.63. The maximum atomic E-state index is 12.0. The molecule has 0 unspecified atom stereocenters. The van der Waals surface area contributed by atoms with Crippen LogP contribution in [-0.4, -0.2) is 22.0 Å². The minimum absolute atomic E-state index is 0.188. The van der Waals surface area contributed by atoms with E-state index in [-0.39, 0.29) is 18.2 Å². The topological polar surface area (TPSA) is 101 Å². The summed E-state index contributed by atoms with van der Waals surface area (Å²) in [5, 5.41) is 9.59. The Morgan fingerprint density at radius 1 is 1.29 bits per heavy atom. The molecule has 0 aliphatic rings. The SMILES string of the molecule is CCCc1cc(C(=O)Nc2ccc(CC(N)=O)cc2)n[nH]1. The van der Waals surface area contributed by atoms with E-state index in [1.807, 2.05) is 0 Å². The van der Waals surface area contributed by atoms with Crippen LogP contribution in [0.1, 0.15) is 35.1 Å². The highest BCUT2D eigenvalue weighted by molar-refractivity contribution is 6.02. The summed E-state index contributed by atoms with van der Waals surface area (Å²) in [6, 6.07) is 8.73. The van der Waals surface area contributed by atoms with Crippen LogP contribution >= 0.6 is 0 Å². The zero-order valence-corrected chi connectivity index (χ0v) is 11.8. The second-order valence-corrected chi connectivity index (χ2v) is 4.82. The Morgan fingerprint density at radius 3 is 2.62 bits per heavy atom. The normalized spacial score (nSPS) is 10.3. The van der Waals surface area contributed by atoms with Gasteiger partial charge in [0.05, 0.1) is 6.42 Å². The number of aromatic nitrogens is 2. The average molecular weight is 286 g/mol. The van der Waals surface area contributed by atoms with Crippen LogP contribution in [0.25, 0.3) is 0 Å². The second kappa shape index (κ2) is 6.69. The molecule has 0 bridgehead atoms. The fraction of sp³-hybridized carbons (Fsp3) is 0.267. The van der Waals surface area contributed by atoms with E-state index in [0.717, 1.165) is 24.1 Å². The molecule has 0 saturated heterocycles. The number of amides is 2. The van der Waals surface area contributed by atoms with Crippen molar-refractivity contribution in [3.63, 3.8) is 0 Å². The Bertz CT molecular complexity index is 631. The molecule has 0 aliphatic carbocycles. The van der Waals surface area contributed by atoms with E-state index >= 15 is 0 Å². The summed E-state index contributed by atoms with van der Waals surface area (Å²) in [7, 11) is 0. The molecule has 0 spiro atoms. The molecule has 2 rings (SSSR count). The van der Waals surface area contributed by atoms with Crippen LogP contribution in [-0.2, 0) is 17.6 Å². The van der Waals surface area contributed by atoms with Gasteiger partial charge in [-0.25, -0.2) is 0 Å². The Labute approximate surface area is 122 Å². The van der Waals surface area contributed by atoms with Gasteiger partial charge >= 0.3 is 0 Å². The predicted molar refractivity (Wildman–Crippen MR) is 79.9 cm³/mol. The highest BCUT2D eigenvalue weighted by atomic mass is 16.2. The largest absolute Gasteiger partial charge is 0.369 e. The first-order valence-electron chi connectivity index (χ1n) is 6.81. The number of anilines is 1. The van der Waals surface area contributed by atoms with Crippen molar-refractivity contribution in [1.82, 2.24) is 10.2 Å². The molecule has 6 heteroatoms. The number of aromatic amines is 1. The van der Waals surface area contributed by atoms with Gasteiger partial charge in [-0.3, -0.25) is 14.7 Å². The van der Waals surface area contributed by atoms with Crippen molar-refractivity contribution < 1.29 is 9.59 Å². The number of carbonyl (C=O) groups is 2. The van der Waals surface area contributed by atoms with Crippen LogP contribution in [0.3, 0.4) is 0 Å². The van der Waals surface area contributed by atoms with Gasteiger partial charge in [0.25, 0.3) is 5.91 Å². The van der Waals surface area contributed by atoms with Gasteiger partial charge in [0.2, 0.25) is 5.91 Å². The van der Waals surface area contributed by atoms with E-state index in [0.29, 0.717) is 11.4 Å². The molecule has 6 nitrogen and oxygen atoms in total. The maximum Gasteiger partial charge on any atom is 0.276 e. The third-order valence-electron chi connectivity index (χ3n) is 2.97. The first kappa shape index (κ1) is 14.8. The van der Waals surface area contributed by atoms with Crippen molar-refractivity contribution >= 4 is 17.5 Å². The fourth-order valence-corrected chi connectivity index (χ4v) is 1.98. The number of carbonyl (C=O) groups excluding carboxylic acids is 2. The molecule has 1 heterocycles. The molecular formula is C15H18N4O2. The van der Waals surface area contributed by atoms with Gasteiger partial charge in [-0.2, -0.15) is 5.10 Å². The molecule has 1 aromatic carbocycles. The standard InChI is InChI=1S/C15H18N4O2/c1-2-3-12-9-13(19-18-12)15(21)17-11-6-4-10(5-7-11)8-14(16)20/h4-7,9H,2-3,8H2,1H3,(H2,16,20)(H,17,21)(H,18,19).